The fraction of sp³-hybridized carbons (Fsp3) is 0.500. The molecule has 0 amide bonds. The monoisotopic (exact) mass is 372 g/mol. The van der Waals surface area contributed by atoms with Gasteiger partial charge in [-0.3, -0.25) is 0 Å². The lowest BCUT2D eigenvalue weighted by Gasteiger charge is -2.33. The second-order valence-corrected chi connectivity index (χ2v) is 6.71. The minimum absolute atomic E-state index is 0.308. The van der Waals surface area contributed by atoms with E-state index < -0.39 is 11.6 Å². The number of ether oxygens (including phenoxy) is 3. The molecule has 1 aromatic carbocycles. The number of methoxy groups -OCH3 is 1. The predicted octanol–water partition coefficient (Wildman–Crippen LogP) is 3.03. The number of nitrogens with zero attached hydrogens (tertiary/aromatic N) is 1. The minimum Gasteiger partial charge on any atom is -0.491 e. The molecule has 0 saturated heterocycles. The van der Waals surface area contributed by atoms with Gasteiger partial charge in [-0.1, -0.05) is 13.3 Å². The molecular weight excluding hydrogens is 348 g/mol. The number of aliphatic carboxylic acids is 1. The molecule has 0 saturated carbocycles. The molecule has 0 bridgehead atoms. The molecule has 1 atom stereocenters. The van der Waals surface area contributed by atoms with E-state index in [4.69, 9.17) is 14.2 Å². The third-order valence-electron chi connectivity index (χ3n) is 5.11. The highest BCUT2D eigenvalue weighted by molar-refractivity contribution is 5.96. The minimum atomic E-state index is -1.41. The van der Waals surface area contributed by atoms with Crippen molar-refractivity contribution in [2.75, 3.05) is 26.9 Å². The first-order valence-electron chi connectivity index (χ1n) is 9.08. The smallest absolute Gasteiger partial charge is 0.342 e. The van der Waals surface area contributed by atoms with Crippen molar-refractivity contribution in [1.82, 2.24) is 4.98 Å². The Labute approximate surface area is 157 Å². The molecule has 2 N–H and O–H groups in total. The van der Waals surface area contributed by atoms with E-state index in [9.17, 15) is 15.2 Å². The van der Waals surface area contributed by atoms with Crippen LogP contribution >= 0.6 is 0 Å². The van der Waals surface area contributed by atoms with Gasteiger partial charge in [0, 0.05) is 18.1 Å². The van der Waals surface area contributed by atoms with E-state index in [1.807, 2.05) is 13.8 Å². The van der Waals surface area contributed by atoms with Gasteiger partial charge in [0.05, 0.1) is 36.1 Å². The zero-order chi connectivity index (χ0) is 19.6. The standard InChI is InChI=1S/C20H24N2O5/c1-4-6-20(19(23)24)18-14(5-7-27-20)16-13(11-21)10-15(26-9-8-25-3)12(2)17(16)22-18/h10,22H,4-9H2,1-3H3,(H,23,24). The van der Waals surface area contributed by atoms with Crippen LogP contribution in [-0.4, -0.2) is 43.0 Å². The lowest BCUT2D eigenvalue weighted by molar-refractivity contribution is -0.171. The molecule has 1 aromatic heterocycles. The number of aryl methyl sites for hydroxylation is 1. The maximum absolute atomic E-state index is 12.1. The van der Waals surface area contributed by atoms with Crippen molar-refractivity contribution in [3.05, 3.63) is 28.5 Å². The average molecular weight is 372 g/mol. The highest BCUT2D eigenvalue weighted by atomic mass is 16.5. The number of carbonyl (C=O) groups is 1. The summed E-state index contributed by atoms with van der Waals surface area (Å²) in [5.41, 5.74) is 2.04. The van der Waals surface area contributed by atoms with E-state index in [2.05, 4.69) is 11.1 Å². The number of aromatic amines is 1. The van der Waals surface area contributed by atoms with Crippen molar-refractivity contribution in [2.24, 2.45) is 0 Å². The SMILES string of the molecule is CCCC1(C(=O)O)OCCc2c1[nH]c1c(C)c(OCCOC)cc(C#N)c21. The van der Waals surface area contributed by atoms with Crippen LogP contribution in [0.15, 0.2) is 6.07 Å². The van der Waals surface area contributed by atoms with E-state index in [1.165, 1.54) is 0 Å². The Hall–Kier alpha value is -2.56. The summed E-state index contributed by atoms with van der Waals surface area (Å²) in [4.78, 5) is 15.4. The van der Waals surface area contributed by atoms with Gasteiger partial charge in [0.1, 0.15) is 12.4 Å². The third kappa shape index (κ3) is 3.05. The summed E-state index contributed by atoms with van der Waals surface area (Å²) < 4.78 is 16.6. The van der Waals surface area contributed by atoms with E-state index in [0.29, 0.717) is 56.1 Å². The molecule has 1 aliphatic heterocycles. The first-order valence-corrected chi connectivity index (χ1v) is 9.08. The quantitative estimate of drug-likeness (QED) is 0.724. The number of hydrogen-bond donors (Lipinski definition) is 2. The molecular formula is C20H24N2O5. The van der Waals surface area contributed by atoms with Crippen LogP contribution in [0.3, 0.4) is 0 Å². The number of nitriles is 1. The molecule has 0 spiro atoms. The summed E-state index contributed by atoms with van der Waals surface area (Å²) >= 11 is 0. The number of rotatable bonds is 7. The van der Waals surface area contributed by atoms with Gasteiger partial charge in [-0.25, -0.2) is 4.79 Å². The lowest BCUT2D eigenvalue weighted by atomic mass is 9.87. The predicted molar refractivity (Wildman–Crippen MR) is 99.0 cm³/mol. The Balaban J connectivity index is 2.24. The van der Waals surface area contributed by atoms with Crippen LogP contribution < -0.4 is 4.74 Å². The summed E-state index contributed by atoms with van der Waals surface area (Å²) in [5.74, 6) is -0.420. The van der Waals surface area contributed by atoms with Crippen LogP contribution in [-0.2, 0) is 26.3 Å². The topological polar surface area (TPSA) is 105 Å². The average Bonchev–Trinajstić information content (AvgIpc) is 3.05. The third-order valence-corrected chi connectivity index (χ3v) is 5.11. The first-order chi connectivity index (χ1) is 13.0. The van der Waals surface area contributed by atoms with Crippen molar-refractivity contribution in [2.45, 2.75) is 38.7 Å². The molecule has 7 heteroatoms. The van der Waals surface area contributed by atoms with Crippen LogP contribution in [0.5, 0.6) is 5.75 Å². The number of aromatic nitrogens is 1. The van der Waals surface area contributed by atoms with E-state index in [0.717, 1.165) is 22.0 Å². The molecule has 1 unspecified atom stereocenters. The number of carboxylic acid groups (broad SMARTS) is 1. The number of nitrogens with one attached hydrogen (secondary N) is 1. The number of carboxylic acids is 1. The molecule has 0 fully saturated rings. The van der Waals surface area contributed by atoms with Gasteiger partial charge in [0.2, 0.25) is 5.60 Å². The van der Waals surface area contributed by atoms with E-state index >= 15 is 0 Å². The molecule has 27 heavy (non-hydrogen) atoms. The fourth-order valence-electron chi connectivity index (χ4n) is 3.84. The highest BCUT2D eigenvalue weighted by Gasteiger charge is 2.47. The Kier molecular flexibility index (Phi) is 5.40. The van der Waals surface area contributed by atoms with Gasteiger partial charge in [-0.2, -0.15) is 5.26 Å². The normalized spacial score (nSPS) is 18.9. The zero-order valence-corrected chi connectivity index (χ0v) is 15.8. The highest BCUT2D eigenvalue weighted by Crippen LogP contribution is 2.43. The molecule has 2 aromatic rings. The van der Waals surface area contributed by atoms with Crippen molar-refractivity contribution in [3.8, 4) is 11.8 Å². The Morgan fingerprint density at radius 3 is 2.89 bits per heavy atom. The molecule has 7 nitrogen and oxygen atoms in total. The summed E-state index contributed by atoms with van der Waals surface area (Å²) in [7, 11) is 1.60. The lowest BCUT2D eigenvalue weighted by Crippen LogP contribution is -2.43. The summed E-state index contributed by atoms with van der Waals surface area (Å²) in [6.07, 6.45) is 1.59. The molecule has 144 valence electrons. The van der Waals surface area contributed by atoms with Crippen LogP contribution in [0.2, 0.25) is 0 Å². The second-order valence-electron chi connectivity index (χ2n) is 6.71. The molecule has 3 rings (SSSR count). The molecule has 2 heterocycles. The number of H-pyrrole nitrogens is 1. The maximum atomic E-state index is 12.1. The van der Waals surface area contributed by atoms with E-state index in [1.54, 1.807) is 13.2 Å². The Morgan fingerprint density at radius 2 is 2.26 bits per heavy atom. The fourth-order valence-corrected chi connectivity index (χ4v) is 3.84. The van der Waals surface area contributed by atoms with Crippen molar-refractivity contribution < 1.29 is 24.1 Å². The van der Waals surface area contributed by atoms with Crippen molar-refractivity contribution in [1.29, 1.82) is 5.26 Å². The van der Waals surface area contributed by atoms with Gasteiger partial charge in [-0.05, 0) is 31.4 Å². The van der Waals surface area contributed by atoms with Crippen LogP contribution in [0.1, 0.15) is 42.1 Å². The van der Waals surface area contributed by atoms with Gasteiger partial charge >= 0.3 is 5.97 Å². The van der Waals surface area contributed by atoms with Crippen LogP contribution in [0.25, 0.3) is 10.9 Å². The summed E-state index contributed by atoms with van der Waals surface area (Å²) in [6.45, 7) is 4.94. The van der Waals surface area contributed by atoms with Gasteiger partial charge in [0.15, 0.2) is 0 Å². The Morgan fingerprint density at radius 1 is 1.48 bits per heavy atom. The zero-order valence-electron chi connectivity index (χ0n) is 15.8. The van der Waals surface area contributed by atoms with Gasteiger partial charge < -0.3 is 24.3 Å². The van der Waals surface area contributed by atoms with Gasteiger partial charge in [0.25, 0.3) is 0 Å². The summed E-state index contributed by atoms with van der Waals surface area (Å²) in [5, 5.41) is 20.4. The number of hydrogen-bond acceptors (Lipinski definition) is 5. The van der Waals surface area contributed by atoms with Crippen LogP contribution in [0, 0.1) is 18.3 Å². The number of benzene rings is 1. The first kappa shape index (κ1) is 19.2. The van der Waals surface area contributed by atoms with Gasteiger partial charge in [-0.15, -0.1) is 0 Å². The van der Waals surface area contributed by atoms with Crippen molar-refractivity contribution in [3.63, 3.8) is 0 Å². The van der Waals surface area contributed by atoms with Crippen molar-refractivity contribution >= 4 is 16.9 Å². The summed E-state index contributed by atoms with van der Waals surface area (Å²) in [6, 6.07) is 3.95. The van der Waals surface area contributed by atoms with Crippen LogP contribution in [0.4, 0.5) is 0 Å². The molecule has 1 aliphatic rings. The second kappa shape index (κ2) is 7.59. The van der Waals surface area contributed by atoms with E-state index in [-0.39, 0.29) is 0 Å². The molecule has 0 radical (unpaired) electrons. The Bertz CT molecular complexity index is 911. The maximum Gasteiger partial charge on any atom is 0.342 e. The largest absolute Gasteiger partial charge is 0.491 e. The molecule has 0 aliphatic carbocycles. The number of fused-ring (bicyclic) bond motifs is 3.